The summed E-state index contributed by atoms with van der Waals surface area (Å²) in [6, 6.07) is 6.21. The van der Waals surface area contributed by atoms with E-state index in [0.717, 1.165) is 18.6 Å². The molecule has 3 unspecified atom stereocenters. The van der Waals surface area contributed by atoms with Crippen molar-refractivity contribution >= 4 is 32.8 Å². The van der Waals surface area contributed by atoms with E-state index in [0.29, 0.717) is 35.5 Å². The molecule has 0 spiro atoms. The Morgan fingerprint density at radius 2 is 1.95 bits per heavy atom. The first-order chi connectivity index (χ1) is 17.5. The molecule has 2 saturated heterocycles. The largest absolute Gasteiger partial charge is 0.416 e. The second-order valence-corrected chi connectivity index (χ2v) is 11.6. The van der Waals surface area contributed by atoms with Crippen LogP contribution in [0.1, 0.15) is 36.1 Å². The van der Waals surface area contributed by atoms with Crippen LogP contribution in [-0.4, -0.2) is 65.7 Å². The number of alkyl halides is 3. The number of amides is 1. The number of nitrogens with one attached hydrogen (secondary N) is 2. The zero-order valence-electron chi connectivity index (χ0n) is 20.3. The Balaban J connectivity index is 1.57. The fourth-order valence-electron chi connectivity index (χ4n) is 5.17. The van der Waals surface area contributed by atoms with E-state index in [1.165, 1.54) is 25.4 Å². The number of halogens is 3. The number of nitrogens with zero attached hydrogens (tertiary/aromatic N) is 4. The zero-order valence-corrected chi connectivity index (χ0v) is 21.1. The molecule has 1 aromatic carbocycles. The van der Waals surface area contributed by atoms with Crippen molar-refractivity contribution in [3.63, 3.8) is 0 Å². The monoisotopic (exact) mass is 536 g/mol. The first kappa shape index (κ1) is 25.5. The van der Waals surface area contributed by atoms with Gasteiger partial charge in [0.15, 0.2) is 5.65 Å². The van der Waals surface area contributed by atoms with Gasteiger partial charge in [-0.05, 0) is 49.6 Å². The number of anilines is 1. The third-order valence-corrected chi connectivity index (χ3v) is 8.44. The molecule has 0 aliphatic carbocycles. The summed E-state index contributed by atoms with van der Waals surface area (Å²) in [4.78, 5) is 23.6. The van der Waals surface area contributed by atoms with Crippen molar-refractivity contribution in [3.05, 3.63) is 53.5 Å². The average Bonchev–Trinajstić information content (AvgIpc) is 3.49. The number of aromatic nitrogens is 3. The third kappa shape index (κ3) is 4.89. The van der Waals surface area contributed by atoms with Crippen LogP contribution < -0.4 is 10.0 Å². The molecule has 2 fully saturated rings. The minimum Gasteiger partial charge on any atom is -0.344 e. The molecular weight excluding hydrogens is 509 g/mol. The van der Waals surface area contributed by atoms with Crippen LogP contribution in [0.5, 0.6) is 0 Å². The van der Waals surface area contributed by atoms with Gasteiger partial charge in [-0.2, -0.15) is 13.2 Å². The minimum atomic E-state index is -4.43. The Hall–Kier alpha value is -3.19. The van der Waals surface area contributed by atoms with Crippen LogP contribution in [0.4, 0.5) is 18.9 Å². The summed E-state index contributed by atoms with van der Waals surface area (Å²) in [5.74, 6) is -0.228. The zero-order chi connectivity index (χ0) is 26.5. The van der Waals surface area contributed by atoms with Gasteiger partial charge in [-0.15, -0.1) is 0 Å². The summed E-state index contributed by atoms with van der Waals surface area (Å²) in [7, 11) is -1.89. The van der Waals surface area contributed by atoms with Gasteiger partial charge in [-0.1, -0.05) is 12.1 Å². The number of likely N-dealkylation sites (tertiary alicyclic amines) is 1. The molecule has 0 radical (unpaired) electrons. The van der Waals surface area contributed by atoms with Gasteiger partial charge in [-0.25, -0.2) is 18.4 Å². The number of benzene rings is 1. The van der Waals surface area contributed by atoms with Crippen LogP contribution in [0, 0.1) is 5.92 Å². The van der Waals surface area contributed by atoms with Crippen LogP contribution in [0.2, 0.25) is 0 Å². The van der Waals surface area contributed by atoms with Crippen molar-refractivity contribution in [1.29, 1.82) is 0 Å². The average molecular weight is 537 g/mol. The molecule has 37 heavy (non-hydrogen) atoms. The Kier molecular flexibility index (Phi) is 6.39. The van der Waals surface area contributed by atoms with Gasteiger partial charge < -0.3 is 14.8 Å². The van der Waals surface area contributed by atoms with Crippen molar-refractivity contribution in [2.45, 2.75) is 38.0 Å². The Labute approximate surface area is 212 Å². The topological polar surface area (TPSA) is 109 Å². The van der Waals surface area contributed by atoms with Crippen LogP contribution in [0.15, 0.2) is 36.7 Å². The Bertz CT molecular complexity index is 1440. The lowest BCUT2D eigenvalue weighted by molar-refractivity contribution is -0.138. The number of likely N-dealkylation sites (N-methyl/N-ethyl adjacent to an activating group) is 1. The molecule has 198 valence electrons. The number of imidazole rings is 1. The number of pyridine rings is 1. The maximum atomic E-state index is 13.0. The summed E-state index contributed by atoms with van der Waals surface area (Å²) in [6.07, 6.45) is -2.14. The fraction of sp³-hybridized carbons (Fsp3) is 0.458. The van der Waals surface area contributed by atoms with Crippen LogP contribution in [0.3, 0.4) is 0 Å². The molecule has 0 bridgehead atoms. The minimum absolute atomic E-state index is 0.00978. The van der Waals surface area contributed by atoms with E-state index in [-0.39, 0.29) is 41.8 Å². The van der Waals surface area contributed by atoms with Crippen molar-refractivity contribution in [3.8, 4) is 0 Å². The second-order valence-electron chi connectivity index (χ2n) is 9.55. The predicted octanol–water partition coefficient (Wildman–Crippen LogP) is 2.79. The lowest BCUT2D eigenvalue weighted by atomic mass is 9.80. The maximum Gasteiger partial charge on any atom is 0.416 e. The van der Waals surface area contributed by atoms with Gasteiger partial charge in [0.1, 0.15) is 5.52 Å². The fourth-order valence-corrected chi connectivity index (χ4v) is 5.81. The smallest absolute Gasteiger partial charge is 0.344 e. The normalized spacial score (nSPS) is 22.5. The molecule has 9 nitrogen and oxygen atoms in total. The molecule has 2 aliphatic rings. The molecule has 1 amide bonds. The lowest BCUT2D eigenvalue weighted by Crippen LogP contribution is -2.53. The molecule has 13 heteroatoms. The number of sulfonamides is 1. The summed E-state index contributed by atoms with van der Waals surface area (Å²) in [6.45, 7) is 2.87. The summed E-state index contributed by atoms with van der Waals surface area (Å²) in [5.41, 5.74) is 1.54. The van der Waals surface area contributed by atoms with Crippen LogP contribution >= 0.6 is 0 Å². The predicted molar refractivity (Wildman–Crippen MR) is 131 cm³/mol. The van der Waals surface area contributed by atoms with E-state index in [9.17, 15) is 26.4 Å². The van der Waals surface area contributed by atoms with Crippen LogP contribution in [-0.2, 0) is 27.5 Å². The van der Waals surface area contributed by atoms with E-state index in [1.54, 1.807) is 22.6 Å². The number of hydrogen-bond donors (Lipinski definition) is 2. The number of carbonyl (C=O) groups is 1. The highest BCUT2D eigenvalue weighted by molar-refractivity contribution is 7.92. The summed E-state index contributed by atoms with van der Waals surface area (Å²) < 4.78 is 68.1. The van der Waals surface area contributed by atoms with E-state index in [1.807, 2.05) is 0 Å². The van der Waals surface area contributed by atoms with Crippen LogP contribution in [0.25, 0.3) is 11.2 Å². The Morgan fingerprint density at radius 3 is 2.62 bits per heavy atom. The van der Waals surface area contributed by atoms with Gasteiger partial charge in [-0.3, -0.25) is 9.52 Å². The molecule has 0 saturated carbocycles. The number of hydrogen-bond acceptors (Lipinski definition) is 6. The molecule has 3 atom stereocenters. The van der Waals surface area contributed by atoms with Crippen molar-refractivity contribution in [2.75, 3.05) is 30.6 Å². The number of piperidine rings is 1. The summed E-state index contributed by atoms with van der Waals surface area (Å²) >= 11 is 0. The number of carbonyl (C=O) groups excluding carboxylic acids is 1. The van der Waals surface area contributed by atoms with Crippen molar-refractivity contribution < 1.29 is 26.4 Å². The van der Waals surface area contributed by atoms with Crippen molar-refractivity contribution in [2.24, 2.45) is 5.92 Å². The molecule has 2 N–H and O–H groups in total. The number of rotatable bonds is 6. The highest BCUT2D eigenvalue weighted by Gasteiger charge is 2.45. The second kappa shape index (κ2) is 9.28. The van der Waals surface area contributed by atoms with E-state index < -0.39 is 21.8 Å². The van der Waals surface area contributed by atoms with Gasteiger partial charge in [0.25, 0.3) is 0 Å². The SMILES string of the molecule is CCS(=O)(=O)Nc1cc(C2CN(C)C(=O)C3NCCC32)nc2c1ncn2Cc1ccc(C(F)(F)F)cc1. The molecule has 3 aromatic rings. The van der Waals surface area contributed by atoms with Gasteiger partial charge >= 0.3 is 6.18 Å². The molecule has 2 aromatic heterocycles. The first-order valence-electron chi connectivity index (χ1n) is 12.0. The maximum absolute atomic E-state index is 13.0. The first-order valence-corrected chi connectivity index (χ1v) is 13.6. The van der Waals surface area contributed by atoms with Crippen molar-refractivity contribution in [1.82, 2.24) is 24.8 Å². The van der Waals surface area contributed by atoms with E-state index in [4.69, 9.17) is 4.98 Å². The Morgan fingerprint density at radius 1 is 1.22 bits per heavy atom. The standard InChI is InChI=1S/C24H27F3N6O3S/c1-3-37(35,36)31-19-10-18(17-12-32(2)23(34)20-16(17)8-9-28-20)30-22-21(19)29-13-33(22)11-14-4-6-15(7-5-14)24(25,26)27/h4-7,10,13,16-17,20,28H,3,8-9,11-12H2,1-2H3,(H,30,31). The quantitative estimate of drug-likeness (QED) is 0.502. The van der Waals surface area contributed by atoms with Gasteiger partial charge in [0.05, 0.1) is 41.6 Å². The highest BCUT2D eigenvalue weighted by Crippen LogP contribution is 2.39. The molecular formula is C24H27F3N6O3S. The molecule has 4 heterocycles. The van der Waals surface area contributed by atoms with E-state index >= 15 is 0 Å². The van der Waals surface area contributed by atoms with E-state index in [2.05, 4.69) is 15.0 Å². The number of fused-ring (bicyclic) bond motifs is 2. The third-order valence-electron chi connectivity index (χ3n) is 7.15. The molecule has 5 rings (SSSR count). The summed E-state index contributed by atoms with van der Waals surface area (Å²) in [5, 5.41) is 3.26. The van der Waals surface area contributed by atoms with Gasteiger partial charge in [0, 0.05) is 19.5 Å². The molecule has 2 aliphatic heterocycles. The van der Waals surface area contributed by atoms with Gasteiger partial charge in [0.2, 0.25) is 15.9 Å². The lowest BCUT2D eigenvalue weighted by Gasteiger charge is -2.38. The highest BCUT2D eigenvalue weighted by atomic mass is 32.2.